The van der Waals surface area contributed by atoms with Crippen LogP contribution in [0.3, 0.4) is 0 Å². The zero-order valence-corrected chi connectivity index (χ0v) is 9.90. The highest BCUT2D eigenvalue weighted by Crippen LogP contribution is 2.12. The highest BCUT2D eigenvalue weighted by molar-refractivity contribution is 7.10. The Hall–Kier alpha value is -0.670. The summed E-state index contributed by atoms with van der Waals surface area (Å²) in [4.78, 5) is 5.30. The van der Waals surface area contributed by atoms with Gasteiger partial charge in [-0.2, -0.15) is 0 Å². The van der Waals surface area contributed by atoms with Gasteiger partial charge in [-0.3, -0.25) is 4.98 Å². The van der Waals surface area contributed by atoms with Gasteiger partial charge in [0.1, 0.15) is 0 Å². The Balaban J connectivity index is 2.53. The van der Waals surface area contributed by atoms with Crippen molar-refractivity contribution in [2.45, 2.75) is 33.2 Å². The molecular weight excluding hydrogens is 192 g/mol. The Labute approximate surface area is 90.1 Å². The van der Waals surface area contributed by atoms with Crippen LogP contribution >= 0.6 is 11.3 Å². The van der Waals surface area contributed by atoms with Gasteiger partial charge in [0.15, 0.2) is 0 Å². The first-order valence-corrected chi connectivity index (χ1v) is 5.91. The molecule has 2 nitrogen and oxygen atoms in total. The maximum absolute atomic E-state index is 4.06. The van der Waals surface area contributed by atoms with E-state index in [1.807, 2.05) is 11.7 Å². The zero-order valence-electron chi connectivity index (χ0n) is 9.08. The Morgan fingerprint density at radius 2 is 2.43 bits per heavy atom. The molecule has 14 heavy (non-hydrogen) atoms. The predicted molar refractivity (Wildman–Crippen MR) is 63.5 cm³/mol. The van der Waals surface area contributed by atoms with Gasteiger partial charge >= 0.3 is 0 Å². The molecule has 0 atom stereocenters. The van der Waals surface area contributed by atoms with Gasteiger partial charge in [-0.15, -0.1) is 11.3 Å². The van der Waals surface area contributed by atoms with Crippen LogP contribution in [0.2, 0.25) is 0 Å². The molecule has 0 saturated heterocycles. The van der Waals surface area contributed by atoms with Gasteiger partial charge < -0.3 is 5.32 Å². The van der Waals surface area contributed by atoms with Crippen molar-refractivity contribution in [2.24, 2.45) is 0 Å². The minimum Gasteiger partial charge on any atom is -0.311 e. The van der Waals surface area contributed by atoms with Gasteiger partial charge in [-0.1, -0.05) is 26.3 Å². The first-order chi connectivity index (χ1) is 6.72. The quantitative estimate of drug-likeness (QED) is 0.808. The van der Waals surface area contributed by atoms with Crippen LogP contribution in [0.4, 0.5) is 0 Å². The molecule has 1 aromatic heterocycles. The molecule has 0 spiro atoms. The number of aromatic nitrogens is 1. The molecule has 0 aromatic carbocycles. The summed E-state index contributed by atoms with van der Waals surface area (Å²) in [5.41, 5.74) is 3.30. The Bertz CT molecular complexity index is 275. The summed E-state index contributed by atoms with van der Waals surface area (Å²) in [6, 6.07) is 0.548. The van der Waals surface area contributed by atoms with Gasteiger partial charge in [-0.25, -0.2) is 0 Å². The first kappa shape index (κ1) is 11.4. The molecule has 0 radical (unpaired) electrons. The second kappa shape index (κ2) is 5.94. The van der Waals surface area contributed by atoms with Crippen molar-refractivity contribution in [1.82, 2.24) is 10.3 Å². The fourth-order valence-electron chi connectivity index (χ4n) is 1.11. The van der Waals surface area contributed by atoms with Gasteiger partial charge in [0.05, 0.1) is 5.51 Å². The third-order valence-corrected chi connectivity index (χ3v) is 2.71. The van der Waals surface area contributed by atoms with Gasteiger partial charge in [0.25, 0.3) is 0 Å². The average Bonchev–Trinajstić information content (AvgIpc) is 2.64. The van der Waals surface area contributed by atoms with Crippen molar-refractivity contribution in [3.8, 4) is 0 Å². The SMILES string of the molecule is CCC(=Cc1cncs1)CNC(C)C. The van der Waals surface area contributed by atoms with Crippen LogP contribution in [-0.2, 0) is 0 Å². The van der Waals surface area contributed by atoms with E-state index in [0.29, 0.717) is 6.04 Å². The Morgan fingerprint density at radius 1 is 1.64 bits per heavy atom. The fraction of sp³-hybridized carbons (Fsp3) is 0.545. The molecule has 0 aliphatic heterocycles. The number of nitrogens with one attached hydrogen (secondary N) is 1. The van der Waals surface area contributed by atoms with Crippen molar-refractivity contribution in [1.29, 1.82) is 0 Å². The van der Waals surface area contributed by atoms with Gasteiger partial charge in [-0.05, 0) is 12.5 Å². The van der Waals surface area contributed by atoms with Crippen LogP contribution in [0.1, 0.15) is 32.1 Å². The lowest BCUT2D eigenvalue weighted by Gasteiger charge is -2.09. The molecular formula is C11H18N2S. The molecule has 3 heteroatoms. The lowest BCUT2D eigenvalue weighted by atomic mass is 10.2. The maximum Gasteiger partial charge on any atom is 0.0797 e. The second-order valence-corrected chi connectivity index (χ2v) is 4.51. The van der Waals surface area contributed by atoms with Crippen molar-refractivity contribution in [2.75, 3.05) is 6.54 Å². The summed E-state index contributed by atoms with van der Waals surface area (Å²) in [5.74, 6) is 0. The zero-order chi connectivity index (χ0) is 10.4. The molecule has 0 aliphatic rings. The molecule has 0 bridgehead atoms. The standard InChI is InChI=1S/C11H18N2S/c1-4-10(6-13-9(2)3)5-11-7-12-8-14-11/h5,7-9,13H,4,6H2,1-3H3. The van der Waals surface area contributed by atoms with Gasteiger partial charge in [0.2, 0.25) is 0 Å². The van der Waals surface area contributed by atoms with Gasteiger partial charge in [0, 0.05) is 23.7 Å². The van der Waals surface area contributed by atoms with E-state index in [1.54, 1.807) is 11.3 Å². The summed E-state index contributed by atoms with van der Waals surface area (Å²) < 4.78 is 0. The van der Waals surface area contributed by atoms with Crippen LogP contribution in [0.15, 0.2) is 17.3 Å². The minimum atomic E-state index is 0.548. The highest BCUT2D eigenvalue weighted by Gasteiger charge is 1.98. The van der Waals surface area contributed by atoms with E-state index < -0.39 is 0 Å². The molecule has 0 fully saturated rings. The predicted octanol–water partition coefficient (Wildman–Crippen LogP) is 2.93. The summed E-state index contributed by atoms with van der Waals surface area (Å²) in [6.45, 7) is 7.50. The number of hydrogen-bond donors (Lipinski definition) is 1. The van der Waals surface area contributed by atoms with Crippen LogP contribution < -0.4 is 5.32 Å². The first-order valence-electron chi connectivity index (χ1n) is 5.03. The van der Waals surface area contributed by atoms with E-state index in [9.17, 15) is 0 Å². The molecule has 1 rings (SSSR count). The molecule has 0 amide bonds. The van der Waals surface area contributed by atoms with Crippen molar-refractivity contribution in [3.05, 3.63) is 22.2 Å². The topological polar surface area (TPSA) is 24.9 Å². The molecule has 1 aromatic rings. The van der Waals surface area contributed by atoms with Crippen molar-refractivity contribution < 1.29 is 0 Å². The van der Waals surface area contributed by atoms with E-state index in [-0.39, 0.29) is 0 Å². The Kier molecular flexibility index (Phi) is 4.84. The molecule has 0 aliphatic carbocycles. The lowest BCUT2D eigenvalue weighted by molar-refractivity contribution is 0.617. The number of rotatable bonds is 5. The monoisotopic (exact) mass is 210 g/mol. The van der Waals surface area contributed by atoms with E-state index >= 15 is 0 Å². The van der Waals surface area contributed by atoms with Crippen molar-refractivity contribution >= 4 is 17.4 Å². The second-order valence-electron chi connectivity index (χ2n) is 3.60. The highest BCUT2D eigenvalue weighted by atomic mass is 32.1. The summed E-state index contributed by atoms with van der Waals surface area (Å²) >= 11 is 1.69. The molecule has 1 heterocycles. The third kappa shape index (κ3) is 4.03. The summed E-state index contributed by atoms with van der Waals surface area (Å²) in [7, 11) is 0. The van der Waals surface area contributed by atoms with Crippen molar-refractivity contribution in [3.63, 3.8) is 0 Å². The minimum absolute atomic E-state index is 0.548. The number of nitrogens with zero attached hydrogens (tertiary/aromatic N) is 1. The van der Waals surface area contributed by atoms with E-state index in [0.717, 1.165) is 13.0 Å². The smallest absolute Gasteiger partial charge is 0.0797 e. The summed E-state index contributed by atoms with van der Waals surface area (Å²) in [6.07, 6.45) is 5.24. The third-order valence-electron chi connectivity index (χ3n) is 1.99. The van der Waals surface area contributed by atoms with E-state index in [2.05, 4.69) is 37.1 Å². The number of thiazole rings is 1. The number of hydrogen-bond acceptors (Lipinski definition) is 3. The van der Waals surface area contributed by atoms with Crippen LogP contribution in [0.25, 0.3) is 6.08 Å². The summed E-state index contributed by atoms with van der Waals surface area (Å²) in [5, 5.41) is 3.42. The molecule has 0 unspecified atom stereocenters. The molecule has 0 saturated carbocycles. The van der Waals surface area contributed by atoms with Crippen LogP contribution in [0, 0.1) is 0 Å². The lowest BCUT2D eigenvalue weighted by Crippen LogP contribution is -2.24. The fourth-order valence-corrected chi connectivity index (χ4v) is 1.71. The molecule has 1 N–H and O–H groups in total. The van der Waals surface area contributed by atoms with E-state index in [1.165, 1.54) is 10.5 Å². The van der Waals surface area contributed by atoms with Crippen LogP contribution in [-0.4, -0.2) is 17.6 Å². The average molecular weight is 210 g/mol. The Morgan fingerprint density at radius 3 is 2.93 bits per heavy atom. The van der Waals surface area contributed by atoms with Crippen LogP contribution in [0.5, 0.6) is 0 Å². The largest absolute Gasteiger partial charge is 0.311 e. The maximum atomic E-state index is 4.06. The molecule has 78 valence electrons. The van der Waals surface area contributed by atoms with E-state index in [4.69, 9.17) is 0 Å². The normalized spacial score (nSPS) is 12.4.